The highest BCUT2D eigenvalue weighted by atomic mass is 79.9. The predicted molar refractivity (Wildman–Crippen MR) is 81.6 cm³/mol. The van der Waals surface area contributed by atoms with E-state index in [9.17, 15) is 4.79 Å². The van der Waals surface area contributed by atoms with E-state index in [0.717, 1.165) is 17.3 Å². The number of hydrogen-bond acceptors (Lipinski definition) is 3. The molecular formula is C14H16BrN5O. The summed E-state index contributed by atoms with van der Waals surface area (Å²) in [5.74, 6) is 0.600. The van der Waals surface area contributed by atoms with Crippen molar-refractivity contribution in [3.63, 3.8) is 0 Å². The minimum atomic E-state index is -0.191. The number of urea groups is 1. The Morgan fingerprint density at radius 3 is 3.14 bits per heavy atom. The second-order valence-corrected chi connectivity index (χ2v) is 6.01. The van der Waals surface area contributed by atoms with Crippen LogP contribution in [0.4, 0.5) is 4.79 Å². The molecule has 2 amide bonds. The Morgan fingerprint density at radius 2 is 2.38 bits per heavy atom. The fourth-order valence-electron chi connectivity index (χ4n) is 2.57. The Hall–Kier alpha value is -1.89. The monoisotopic (exact) mass is 349 g/mol. The summed E-state index contributed by atoms with van der Waals surface area (Å²) in [4.78, 5) is 16.0. The smallest absolute Gasteiger partial charge is 0.315 e. The first-order valence-corrected chi connectivity index (χ1v) is 7.58. The number of aromatic nitrogens is 3. The lowest BCUT2D eigenvalue weighted by molar-refractivity contribution is 0.236. The summed E-state index contributed by atoms with van der Waals surface area (Å²) in [6.45, 7) is 0.326. The van der Waals surface area contributed by atoms with E-state index in [1.165, 1.54) is 11.1 Å². The molecular weight excluding hydrogens is 334 g/mol. The highest BCUT2D eigenvalue weighted by molar-refractivity contribution is 9.10. The predicted octanol–water partition coefficient (Wildman–Crippen LogP) is 2.06. The lowest BCUT2D eigenvalue weighted by Crippen LogP contribution is -2.37. The number of carbonyl (C=O) groups is 1. The van der Waals surface area contributed by atoms with E-state index in [1.807, 2.05) is 6.07 Å². The fourth-order valence-corrected chi connectivity index (χ4v) is 2.98. The van der Waals surface area contributed by atoms with Gasteiger partial charge in [0, 0.05) is 11.5 Å². The third-order valence-electron chi connectivity index (χ3n) is 3.54. The fraction of sp³-hybridized carbons (Fsp3) is 0.357. The molecule has 0 radical (unpaired) electrons. The summed E-state index contributed by atoms with van der Waals surface area (Å²) >= 11 is 3.47. The molecule has 6 nitrogen and oxygen atoms in total. The van der Waals surface area contributed by atoms with E-state index in [0.29, 0.717) is 12.4 Å². The van der Waals surface area contributed by atoms with Gasteiger partial charge in [0.1, 0.15) is 6.33 Å². The average Bonchev–Trinajstić information content (AvgIpc) is 3.03. The number of rotatable bonds is 3. The van der Waals surface area contributed by atoms with Crippen molar-refractivity contribution in [2.45, 2.75) is 25.4 Å². The zero-order chi connectivity index (χ0) is 14.8. The van der Waals surface area contributed by atoms with Crippen molar-refractivity contribution in [1.82, 2.24) is 25.4 Å². The molecule has 7 heteroatoms. The topological polar surface area (TPSA) is 71.8 Å². The Balaban J connectivity index is 1.57. The molecule has 0 saturated carbocycles. The van der Waals surface area contributed by atoms with Crippen LogP contribution in [0.25, 0.3) is 0 Å². The van der Waals surface area contributed by atoms with Gasteiger partial charge in [-0.2, -0.15) is 5.10 Å². The number of amides is 2. The molecule has 0 bridgehead atoms. The second-order valence-electron chi connectivity index (χ2n) is 5.10. The van der Waals surface area contributed by atoms with Crippen molar-refractivity contribution in [2.75, 3.05) is 0 Å². The number of nitrogens with one attached hydrogen (secondary N) is 2. The first kappa shape index (κ1) is 14.1. The molecule has 1 heterocycles. The molecule has 110 valence electrons. The molecule has 0 spiro atoms. The maximum Gasteiger partial charge on any atom is 0.315 e. The molecule has 0 fully saturated rings. The highest BCUT2D eigenvalue weighted by Gasteiger charge is 2.23. The number of fused-ring (bicyclic) bond motifs is 1. The van der Waals surface area contributed by atoms with Crippen molar-refractivity contribution in [3.05, 3.63) is 46.0 Å². The van der Waals surface area contributed by atoms with E-state index in [4.69, 9.17) is 0 Å². The number of benzene rings is 1. The third kappa shape index (κ3) is 3.24. The van der Waals surface area contributed by atoms with Gasteiger partial charge >= 0.3 is 6.03 Å². The van der Waals surface area contributed by atoms with Gasteiger partial charge in [0.05, 0.1) is 12.6 Å². The van der Waals surface area contributed by atoms with Gasteiger partial charge in [0.2, 0.25) is 0 Å². The van der Waals surface area contributed by atoms with Crippen molar-refractivity contribution in [2.24, 2.45) is 7.05 Å². The molecule has 1 aromatic heterocycles. The van der Waals surface area contributed by atoms with Crippen LogP contribution in [0.2, 0.25) is 0 Å². The minimum absolute atomic E-state index is 0.0739. The Bertz CT molecular complexity index is 669. The SMILES string of the molecule is Cn1cnc(CNC(=O)NC2CCc3cc(Br)ccc32)n1. The van der Waals surface area contributed by atoms with Gasteiger partial charge in [-0.1, -0.05) is 22.0 Å². The van der Waals surface area contributed by atoms with E-state index >= 15 is 0 Å². The van der Waals surface area contributed by atoms with Crippen LogP contribution in [0, 0.1) is 0 Å². The van der Waals surface area contributed by atoms with Gasteiger partial charge in [0.25, 0.3) is 0 Å². The largest absolute Gasteiger partial charge is 0.331 e. The number of aryl methyl sites for hydroxylation is 2. The Morgan fingerprint density at radius 1 is 1.52 bits per heavy atom. The zero-order valence-corrected chi connectivity index (χ0v) is 13.2. The molecule has 2 N–H and O–H groups in total. The van der Waals surface area contributed by atoms with Gasteiger partial charge < -0.3 is 10.6 Å². The molecule has 2 aromatic rings. The first-order chi connectivity index (χ1) is 10.1. The first-order valence-electron chi connectivity index (χ1n) is 6.79. The molecule has 3 rings (SSSR count). The summed E-state index contributed by atoms with van der Waals surface area (Å²) in [7, 11) is 1.80. The van der Waals surface area contributed by atoms with Gasteiger partial charge in [-0.25, -0.2) is 9.78 Å². The van der Waals surface area contributed by atoms with Crippen LogP contribution in [0.5, 0.6) is 0 Å². The zero-order valence-electron chi connectivity index (χ0n) is 11.6. The number of halogens is 1. The molecule has 0 saturated heterocycles. The molecule has 1 aliphatic rings. The number of hydrogen-bond donors (Lipinski definition) is 2. The summed E-state index contributed by atoms with van der Waals surface area (Å²) in [5, 5.41) is 9.91. The standard InChI is InChI=1S/C14H16BrN5O/c1-20-8-17-13(19-20)7-16-14(21)18-12-5-2-9-6-10(15)3-4-11(9)12/h3-4,6,8,12H,2,5,7H2,1H3,(H2,16,18,21). The highest BCUT2D eigenvalue weighted by Crippen LogP contribution is 2.32. The minimum Gasteiger partial charge on any atom is -0.331 e. The molecule has 1 aliphatic carbocycles. The van der Waals surface area contributed by atoms with Crippen LogP contribution in [-0.2, 0) is 20.0 Å². The van der Waals surface area contributed by atoms with Crippen LogP contribution in [0.15, 0.2) is 29.0 Å². The van der Waals surface area contributed by atoms with Gasteiger partial charge in [-0.05, 0) is 36.1 Å². The Kier molecular flexibility index (Phi) is 3.92. The van der Waals surface area contributed by atoms with E-state index in [1.54, 1.807) is 18.1 Å². The average molecular weight is 350 g/mol. The van der Waals surface area contributed by atoms with E-state index in [2.05, 4.69) is 48.8 Å². The van der Waals surface area contributed by atoms with Crippen molar-refractivity contribution < 1.29 is 4.79 Å². The van der Waals surface area contributed by atoms with Crippen LogP contribution in [0.3, 0.4) is 0 Å². The summed E-state index contributed by atoms with van der Waals surface area (Å²) in [6, 6.07) is 6.08. The number of nitrogens with zero attached hydrogens (tertiary/aromatic N) is 3. The molecule has 21 heavy (non-hydrogen) atoms. The third-order valence-corrected chi connectivity index (χ3v) is 4.04. The van der Waals surface area contributed by atoms with Crippen molar-refractivity contribution in [1.29, 1.82) is 0 Å². The molecule has 1 aromatic carbocycles. The quantitative estimate of drug-likeness (QED) is 0.890. The molecule has 1 unspecified atom stereocenters. The molecule has 1 atom stereocenters. The Labute approximate surface area is 131 Å². The second kappa shape index (κ2) is 5.85. The van der Waals surface area contributed by atoms with Gasteiger partial charge in [-0.15, -0.1) is 0 Å². The van der Waals surface area contributed by atoms with Crippen LogP contribution < -0.4 is 10.6 Å². The van der Waals surface area contributed by atoms with Crippen LogP contribution in [-0.4, -0.2) is 20.8 Å². The lowest BCUT2D eigenvalue weighted by Gasteiger charge is -2.14. The summed E-state index contributed by atoms with van der Waals surface area (Å²) in [6.07, 6.45) is 3.53. The van der Waals surface area contributed by atoms with Crippen LogP contribution in [0.1, 0.15) is 29.4 Å². The van der Waals surface area contributed by atoms with E-state index < -0.39 is 0 Å². The normalized spacial score (nSPS) is 16.6. The van der Waals surface area contributed by atoms with E-state index in [-0.39, 0.29) is 12.1 Å². The van der Waals surface area contributed by atoms with Crippen molar-refractivity contribution >= 4 is 22.0 Å². The summed E-state index contributed by atoms with van der Waals surface area (Å²) < 4.78 is 2.69. The van der Waals surface area contributed by atoms with Gasteiger partial charge in [-0.3, -0.25) is 4.68 Å². The van der Waals surface area contributed by atoms with Crippen molar-refractivity contribution in [3.8, 4) is 0 Å². The maximum absolute atomic E-state index is 12.0. The summed E-state index contributed by atoms with van der Waals surface area (Å²) in [5.41, 5.74) is 2.49. The van der Waals surface area contributed by atoms with Gasteiger partial charge in [0.15, 0.2) is 5.82 Å². The van der Waals surface area contributed by atoms with Crippen LogP contribution >= 0.6 is 15.9 Å². The number of carbonyl (C=O) groups excluding carboxylic acids is 1. The molecule has 0 aliphatic heterocycles. The maximum atomic E-state index is 12.0. The lowest BCUT2D eigenvalue weighted by atomic mass is 10.1.